The van der Waals surface area contributed by atoms with Crippen LogP contribution in [0.2, 0.25) is 0 Å². The minimum absolute atomic E-state index is 0.0130. The molecule has 0 aliphatic heterocycles. The van der Waals surface area contributed by atoms with Gasteiger partial charge in [-0.05, 0) is 43.9 Å². The van der Waals surface area contributed by atoms with E-state index in [-0.39, 0.29) is 5.91 Å². The standard InChI is InChI=1S/C16H20N2O2S/c1-11(19)10-17(2)15(20)14-12-6-5-7-13(12)21-16(14)18-8-3-4-9-18/h3-4,8-9,11,19H,5-7,10H2,1-2H3/t11-/m0/s1. The third-order valence-corrected chi connectivity index (χ3v) is 5.15. The van der Waals surface area contributed by atoms with Crippen molar-refractivity contribution in [2.45, 2.75) is 32.3 Å². The summed E-state index contributed by atoms with van der Waals surface area (Å²) < 4.78 is 2.02. The van der Waals surface area contributed by atoms with E-state index in [9.17, 15) is 9.90 Å². The van der Waals surface area contributed by atoms with Crippen LogP contribution in [-0.4, -0.2) is 40.2 Å². The summed E-state index contributed by atoms with van der Waals surface area (Å²) in [6.07, 6.45) is 6.63. The topological polar surface area (TPSA) is 45.5 Å². The zero-order chi connectivity index (χ0) is 15.0. The van der Waals surface area contributed by atoms with Crippen LogP contribution in [0.15, 0.2) is 24.5 Å². The maximum Gasteiger partial charge on any atom is 0.256 e. The molecule has 0 saturated heterocycles. The summed E-state index contributed by atoms with van der Waals surface area (Å²) in [5.41, 5.74) is 2.04. The first-order valence-electron chi connectivity index (χ1n) is 7.29. The summed E-state index contributed by atoms with van der Waals surface area (Å²) in [6.45, 7) is 2.06. The molecule has 0 fully saturated rings. The monoisotopic (exact) mass is 304 g/mol. The van der Waals surface area contributed by atoms with Crippen molar-refractivity contribution in [1.29, 1.82) is 0 Å². The summed E-state index contributed by atoms with van der Waals surface area (Å²) in [7, 11) is 1.76. The lowest BCUT2D eigenvalue weighted by atomic mass is 10.1. The number of aryl methyl sites for hydroxylation is 1. The van der Waals surface area contributed by atoms with E-state index in [1.54, 1.807) is 30.2 Å². The number of aliphatic hydroxyl groups is 1. The molecule has 2 heterocycles. The number of aromatic nitrogens is 1. The number of thiophene rings is 1. The maximum atomic E-state index is 12.8. The quantitative estimate of drug-likeness (QED) is 0.943. The number of amides is 1. The second kappa shape index (κ2) is 5.66. The van der Waals surface area contributed by atoms with E-state index < -0.39 is 6.10 Å². The lowest BCUT2D eigenvalue weighted by Crippen LogP contribution is -2.33. The molecular weight excluding hydrogens is 284 g/mol. The predicted octanol–water partition coefficient (Wildman–Crippen LogP) is 2.48. The number of rotatable bonds is 4. The Balaban J connectivity index is 2.02. The van der Waals surface area contributed by atoms with Crippen molar-refractivity contribution in [2.24, 2.45) is 0 Å². The van der Waals surface area contributed by atoms with Crippen LogP contribution in [-0.2, 0) is 12.8 Å². The second-order valence-electron chi connectivity index (χ2n) is 5.66. The number of aliphatic hydroxyl groups excluding tert-OH is 1. The molecule has 2 aromatic rings. The zero-order valence-corrected chi connectivity index (χ0v) is 13.2. The van der Waals surface area contributed by atoms with E-state index in [0.29, 0.717) is 6.54 Å². The summed E-state index contributed by atoms with van der Waals surface area (Å²) in [5.74, 6) is 0.0130. The normalized spacial score (nSPS) is 15.0. The van der Waals surface area contributed by atoms with Gasteiger partial charge in [-0.25, -0.2) is 0 Å². The zero-order valence-electron chi connectivity index (χ0n) is 12.4. The highest BCUT2D eigenvalue weighted by molar-refractivity contribution is 7.15. The molecule has 1 atom stereocenters. The lowest BCUT2D eigenvalue weighted by molar-refractivity contribution is 0.0703. The molecule has 0 unspecified atom stereocenters. The van der Waals surface area contributed by atoms with Gasteiger partial charge >= 0.3 is 0 Å². The van der Waals surface area contributed by atoms with Gasteiger partial charge in [0.25, 0.3) is 5.91 Å². The van der Waals surface area contributed by atoms with Gasteiger partial charge in [0.05, 0.1) is 11.7 Å². The van der Waals surface area contributed by atoms with Crippen molar-refractivity contribution in [3.8, 4) is 5.00 Å². The Labute approximate surface area is 128 Å². The molecule has 0 saturated carbocycles. The summed E-state index contributed by atoms with van der Waals surface area (Å²) >= 11 is 1.72. The van der Waals surface area contributed by atoms with Gasteiger partial charge in [0.2, 0.25) is 0 Å². The van der Waals surface area contributed by atoms with Crippen molar-refractivity contribution in [2.75, 3.05) is 13.6 Å². The maximum absolute atomic E-state index is 12.8. The molecular formula is C16H20N2O2S. The van der Waals surface area contributed by atoms with Crippen LogP contribution in [0, 0.1) is 0 Å². The number of hydrogen-bond acceptors (Lipinski definition) is 3. The first-order chi connectivity index (χ1) is 10.1. The Morgan fingerprint density at radius 3 is 2.81 bits per heavy atom. The highest BCUT2D eigenvalue weighted by Crippen LogP contribution is 2.38. The summed E-state index contributed by atoms with van der Waals surface area (Å²) in [5, 5.41) is 10.5. The molecule has 21 heavy (non-hydrogen) atoms. The van der Waals surface area contributed by atoms with Crippen molar-refractivity contribution >= 4 is 17.2 Å². The third kappa shape index (κ3) is 2.63. The first kappa shape index (κ1) is 14.4. The molecule has 1 N–H and O–H groups in total. The largest absolute Gasteiger partial charge is 0.392 e. The molecule has 1 amide bonds. The van der Waals surface area contributed by atoms with Crippen LogP contribution in [0.1, 0.15) is 34.1 Å². The number of fused-ring (bicyclic) bond motifs is 1. The number of nitrogens with zero attached hydrogens (tertiary/aromatic N) is 2. The first-order valence-corrected chi connectivity index (χ1v) is 8.11. The van der Waals surface area contributed by atoms with E-state index in [1.165, 1.54) is 10.4 Å². The molecule has 2 aromatic heterocycles. The molecule has 112 valence electrons. The van der Waals surface area contributed by atoms with E-state index in [2.05, 4.69) is 0 Å². The Morgan fingerprint density at radius 2 is 2.14 bits per heavy atom. The Bertz CT molecular complexity index is 644. The van der Waals surface area contributed by atoms with Gasteiger partial charge in [-0.2, -0.15) is 0 Å². The minimum atomic E-state index is -0.513. The Hall–Kier alpha value is -1.59. The van der Waals surface area contributed by atoms with Crippen molar-refractivity contribution in [1.82, 2.24) is 9.47 Å². The molecule has 3 rings (SSSR count). The van der Waals surface area contributed by atoms with E-state index in [1.807, 2.05) is 29.1 Å². The number of carbonyl (C=O) groups is 1. The van der Waals surface area contributed by atoms with Gasteiger partial charge in [-0.1, -0.05) is 0 Å². The van der Waals surface area contributed by atoms with Crippen LogP contribution in [0.25, 0.3) is 5.00 Å². The second-order valence-corrected chi connectivity index (χ2v) is 6.75. The average molecular weight is 304 g/mol. The molecule has 1 aliphatic rings. The molecule has 1 aliphatic carbocycles. The minimum Gasteiger partial charge on any atom is -0.392 e. The van der Waals surface area contributed by atoms with Crippen molar-refractivity contribution in [3.63, 3.8) is 0 Å². The lowest BCUT2D eigenvalue weighted by Gasteiger charge is -2.20. The summed E-state index contributed by atoms with van der Waals surface area (Å²) in [6, 6.07) is 3.94. The molecule has 5 heteroatoms. The molecule has 0 bridgehead atoms. The van der Waals surface area contributed by atoms with Gasteiger partial charge in [-0.15, -0.1) is 11.3 Å². The van der Waals surface area contributed by atoms with Crippen LogP contribution >= 0.6 is 11.3 Å². The van der Waals surface area contributed by atoms with Gasteiger partial charge in [-0.3, -0.25) is 4.79 Å². The highest BCUT2D eigenvalue weighted by Gasteiger charge is 2.29. The fourth-order valence-corrected chi connectivity index (χ4v) is 4.28. The number of carbonyl (C=O) groups excluding carboxylic acids is 1. The molecule has 0 aromatic carbocycles. The fraction of sp³-hybridized carbons (Fsp3) is 0.438. The van der Waals surface area contributed by atoms with E-state index >= 15 is 0 Å². The predicted molar refractivity (Wildman–Crippen MR) is 84.3 cm³/mol. The number of likely N-dealkylation sites (N-methyl/N-ethyl adjacent to an activating group) is 1. The fourth-order valence-electron chi connectivity index (χ4n) is 2.93. The SMILES string of the molecule is C[C@H](O)CN(C)C(=O)c1c(-n2cccc2)sc2c1CCC2. The average Bonchev–Trinajstić information content (AvgIpc) is 3.12. The smallest absolute Gasteiger partial charge is 0.256 e. The van der Waals surface area contributed by atoms with Crippen LogP contribution in [0.3, 0.4) is 0 Å². The van der Waals surface area contributed by atoms with Crippen LogP contribution in [0.5, 0.6) is 0 Å². The third-order valence-electron chi connectivity index (χ3n) is 3.84. The van der Waals surface area contributed by atoms with Crippen LogP contribution in [0.4, 0.5) is 0 Å². The van der Waals surface area contributed by atoms with E-state index in [0.717, 1.165) is 29.8 Å². The summed E-state index contributed by atoms with van der Waals surface area (Å²) in [4.78, 5) is 15.8. The molecule has 4 nitrogen and oxygen atoms in total. The van der Waals surface area contributed by atoms with E-state index in [4.69, 9.17) is 0 Å². The number of hydrogen-bond donors (Lipinski definition) is 1. The van der Waals surface area contributed by atoms with Gasteiger partial charge in [0.1, 0.15) is 5.00 Å². The Morgan fingerprint density at radius 1 is 1.43 bits per heavy atom. The Kier molecular flexibility index (Phi) is 3.87. The van der Waals surface area contributed by atoms with Gasteiger partial charge < -0.3 is 14.6 Å². The van der Waals surface area contributed by atoms with Crippen molar-refractivity contribution < 1.29 is 9.90 Å². The van der Waals surface area contributed by atoms with Gasteiger partial charge in [0, 0.05) is 30.9 Å². The molecule has 0 spiro atoms. The molecule has 0 radical (unpaired) electrons. The van der Waals surface area contributed by atoms with Gasteiger partial charge in [0.15, 0.2) is 0 Å². The van der Waals surface area contributed by atoms with Crippen LogP contribution < -0.4 is 0 Å². The highest BCUT2D eigenvalue weighted by atomic mass is 32.1. The van der Waals surface area contributed by atoms with Crippen molar-refractivity contribution in [3.05, 3.63) is 40.5 Å².